The van der Waals surface area contributed by atoms with Crippen LogP contribution in [0.3, 0.4) is 0 Å². The molecule has 0 fully saturated rings. The highest BCUT2D eigenvalue weighted by atomic mass is 32.2. The first kappa shape index (κ1) is 7.23. The summed E-state index contributed by atoms with van der Waals surface area (Å²) in [6, 6.07) is 0. The summed E-state index contributed by atoms with van der Waals surface area (Å²) in [6.07, 6.45) is 4.29. The molecule has 0 atom stereocenters. The fourth-order valence-corrected chi connectivity index (χ4v) is 1.02. The number of nitrogens with two attached hydrogens (primary N) is 1. The third-order valence-corrected chi connectivity index (χ3v) is 1.90. The molecule has 0 amide bonds. The predicted octanol–water partition coefficient (Wildman–Crippen LogP) is -0.952. The lowest BCUT2D eigenvalue weighted by Crippen LogP contribution is -2.36. The van der Waals surface area contributed by atoms with Crippen molar-refractivity contribution in [2.45, 2.75) is 0 Å². The maximum atomic E-state index is 10.6. The lowest BCUT2D eigenvalue weighted by molar-refractivity contribution is 0.544. The average molecular weight is 161 g/mol. The third kappa shape index (κ3) is 1.55. The normalized spacial score (nSPS) is 17.9. The van der Waals surface area contributed by atoms with Crippen molar-refractivity contribution >= 4 is 16.5 Å². The molecule has 0 aromatic rings. The molecule has 0 spiro atoms. The van der Waals surface area contributed by atoms with E-state index in [2.05, 4.69) is 4.99 Å². The molecule has 0 unspecified atom stereocenters. The highest BCUT2D eigenvalue weighted by molar-refractivity contribution is 7.87. The third-order valence-electron chi connectivity index (χ3n) is 0.999. The first-order valence-corrected chi connectivity index (χ1v) is 4.09. The molecule has 0 saturated heterocycles. The molecule has 1 aliphatic heterocycles. The van der Waals surface area contributed by atoms with Crippen molar-refractivity contribution in [2.75, 3.05) is 6.54 Å². The van der Waals surface area contributed by atoms with Gasteiger partial charge in [0.1, 0.15) is 6.34 Å². The summed E-state index contributed by atoms with van der Waals surface area (Å²) in [7, 11) is -3.59. The van der Waals surface area contributed by atoms with Crippen LogP contribution in [0.15, 0.2) is 17.3 Å². The minimum Gasteiger partial charge on any atom is -0.246 e. The van der Waals surface area contributed by atoms with E-state index in [9.17, 15) is 8.42 Å². The van der Waals surface area contributed by atoms with Crippen LogP contribution in [0.4, 0.5) is 0 Å². The van der Waals surface area contributed by atoms with Crippen LogP contribution in [0.1, 0.15) is 0 Å². The zero-order valence-corrected chi connectivity index (χ0v) is 5.95. The number of aliphatic imine (C=N–C) groups is 1. The summed E-state index contributed by atoms with van der Waals surface area (Å²) < 4.78 is 22.1. The molecular formula is C4H7N3O2S. The number of hydrogen-bond donors (Lipinski definition) is 1. The summed E-state index contributed by atoms with van der Waals surface area (Å²) in [6.45, 7) is 0.266. The van der Waals surface area contributed by atoms with Crippen molar-refractivity contribution in [1.29, 1.82) is 0 Å². The Bertz CT molecular complexity index is 266. The molecule has 0 bridgehead atoms. The number of nitrogens with zero attached hydrogens (tertiary/aromatic N) is 2. The van der Waals surface area contributed by atoms with Gasteiger partial charge in [-0.2, -0.15) is 8.42 Å². The van der Waals surface area contributed by atoms with E-state index in [0.717, 1.165) is 4.31 Å². The van der Waals surface area contributed by atoms with Gasteiger partial charge in [0, 0.05) is 6.20 Å². The topological polar surface area (TPSA) is 75.8 Å². The molecule has 0 aromatic heterocycles. The van der Waals surface area contributed by atoms with Gasteiger partial charge in [-0.25, -0.2) is 14.4 Å². The van der Waals surface area contributed by atoms with Crippen LogP contribution in [0.25, 0.3) is 0 Å². The zero-order chi connectivity index (χ0) is 7.61. The molecule has 5 nitrogen and oxygen atoms in total. The van der Waals surface area contributed by atoms with Gasteiger partial charge in [-0.3, -0.25) is 0 Å². The Morgan fingerprint density at radius 1 is 1.60 bits per heavy atom. The van der Waals surface area contributed by atoms with Crippen LogP contribution in [0, 0.1) is 0 Å². The van der Waals surface area contributed by atoms with Crippen LogP contribution in [-0.2, 0) is 10.2 Å². The molecule has 1 aliphatic rings. The van der Waals surface area contributed by atoms with Crippen molar-refractivity contribution in [1.82, 2.24) is 4.31 Å². The Kier molecular flexibility index (Phi) is 1.73. The van der Waals surface area contributed by atoms with Crippen LogP contribution in [-0.4, -0.2) is 25.6 Å². The van der Waals surface area contributed by atoms with E-state index in [0.29, 0.717) is 0 Å². The van der Waals surface area contributed by atoms with Gasteiger partial charge < -0.3 is 0 Å². The predicted molar refractivity (Wildman–Crippen MR) is 37.4 cm³/mol. The summed E-state index contributed by atoms with van der Waals surface area (Å²) in [4.78, 5) is 3.59. The lowest BCUT2D eigenvalue weighted by atomic mass is 10.6. The Balaban J connectivity index is 2.79. The van der Waals surface area contributed by atoms with E-state index >= 15 is 0 Å². The van der Waals surface area contributed by atoms with Crippen LogP contribution in [0.5, 0.6) is 0 Å². The first-order chi connectivity index (χ1) is 4.61. The second kappa shape index (κ2) is 2.39. The monoisotopic (exact) mass is 161 g/mol. The van der Waals surface area contributed by atoms with Gasteiger partial charge in [0.2, 0.25) is 0 Å². The standard InChI is InChI=1S/C4H7N3O2S/c5-10(8,9)7-3-1-2-6-4-7/h1-2,4H,3H2,(H2,5,8,9). The van der Waals surface area contributed by atoms with E-state index in [1.54, 1.807) is 6.08 Å². The molecule has 0 radical (unpaired) electrons. The van der Waals surface area contributed by atoms with Gasteiger partial charge in [-0.05, 0) is 6.08 Å². The largest absolute Gasteiger partial charge is 0.300 e. The van der Waals surface area contributed by atoms with Gasteiger partial charge in [0.15, 0.2) is 0 Å². The van der Waals surface area contributed by atoms with E-state index < -0.39 is 10.2 Å². The summed E-state index contributed by atoms with van der Waals surface area (Å²) >= 11 is 0. The fraction of sp³-hybridized carbons (Fsp3) is 0.250. The molecule has 2 N–H and O–H groups in total. The summed E-state index contributed by atoms with van der Waals surface area (Å²) in [5, 5.41) is 4.78. The summed E-state index contributed by atoms with van der Waals surface area (Å²) in [5.74, 6) is 0. The van der Waals surface area contributed by atoms with Crippen LogP contribution in [0.2, 0.25) is 0 Å². The van der Waals surface area contributed by atoms with E-state index in [4.69, 9.17) is 5.14 Å². The van der Waals surface area contributed by atoms with Gasteiger partial charge in [-0.1, -0.05) is 0 Å². The van der Waals surface area contributed by atoms with Gasteiger partial charge in [0.25, 0.3) is 10.2 Å². The molecule has 1 rings (SSSR count). The number of hydrogen-bond acceptors (Lipinski definition) is 3. The summed E-state index contributed by atoms with van der Waals surface area (Å²) in [5.41, 5.74) is 0. The van der Waals surface area contributed by atoms with E-state index in [1.165, 1.54) is 12.5 Å². The van der Waals surface area contributed by atoms with Crippen molar-refractivity contribution in [3.8, 4) is 0 Å². The van der Waals surface area contributed by atoms with Gasteiger partial charge in [0.05, 0.1) is 6.54 Å². The lowest BCUT2D eigenvalue weighted by Gasteiger charge is -2.14. The highest BCUT2D eigenvalue weighted by Gasteiger charge is 2.11. The second-order valence-corrected chi connectivity index (χ2v) is 3.26. The minimum atomic E-state index is -3.59. The van der Waals surface area contributed by atoms with Crippen LogP contribution >= 0.6 is 0 Å². The van der Waals surface area contributed by atoms with Crippen molar-refractivity contribution in [2.24, 2.45) is 10.1 Å². The fourth-order valence-electron chi connectivity index (χ4n) is 0.541. The molecule has 56 valence electrons. The van der Waals surface area contributed by atoms with Gasteiger partial charge >= 0.3 is 0 Å². The zero-order valence-electron chi connectivity index (χ0n) is 5.14. The Labute approximate surface area is 59.0 Å². The quantitative estimate of drug-likeness (QED) is 0.538. The van der Waals surface area contributed by atoms with E-state index in [1.807, 2.05) is 0 Å². The second-order valence-electron chi connectivity index (χ2n) is 1.76. The highest BCUT2D eigenvalue weighted by Crippen LogP contribution is 1.95. The maximum absolute atomic E-state index is 10.6. The molecular weight excluding hydrogens is 154 g/mol. The molecule has 0 saturated carbocycles. The Morgan fingerprint density at radius 3 is 2.60 bits per heavy atom. The smallest absolute Gasteiger partial charge is 0.246 e. The molecule has 0 aromatic carbocycles. The average Bonchev–Trinajstić information content (AvgIpc) is 1.88. The maximum Gasteiger partial charge on any atom is 0.300 e. The Morgan fingerprint density at radius 2 is 2.30 bits per heavy atom. The van der Waals surface area contributed by atoms with Crippen molar-refractivity contribution in [3.05, 3.63) is 12.3 Å². The number of rotatable bonds is 1. The molecule has 6 heteroatoms. The Hall–Kier alpha value is -0.880. The molecule has 0 aliphatic carbocycles. The van der Waals surface area contributed by atoms with Crippen LogP contribution < -0.4 is 5.14 Å². The molecule has 1 heterocycles. The van der Waals surface area contributed by atoms with Gasteiger partial charge in [-0.15, -0.1) is 0 Å². The van der Waals surface area contributed by atoms with Crippen molar-refractivity contribution in [3.63, 3.8) is 0 Å². The minimum absolute atomic E-state index is 0.266. The van der Waals surface area contributed by atoms with E-state index in [-0.39, 0.29) is 6.54 Å². The molecule has 10 heavy (non-hydrogen) atoms. The SMILES string of the molecule is NS(=O)(=O)N1C=NC=CC1. The van der Waals surface area contributed by atoms with Crippen molar-refractivity contribution < 1.29 is 8.42 Å². The first-order valence-electron chi connectivity index (χ1n) is 2.58.